The summed E-state index contributed by atoms with van der Waals surface area (Å²) in [6, 6.07) is 26.2. The number of imidazole rings is 1. The lowest BCUT2D eigenvalue weighted by molar-refractivity contribution is 1.31. The van der Waals surface area contributed by atoms with Crippen molar-refractivity contribution >= 4 is 34.0 Å². The second-order valence-electron chi connectivity index (χ2n) is 5.27. The number of H-pyrrole nitrogens is 1. The van der Waals surface area contributed by atoms with Gasteiger partial charge in [0.15, 0.2) is 0 Å². The van der Waals surface area contributed by atoms with Gasteiger partial charge in [0.25, 0.3) is 0 Å². The lowest BCUT2D eigenvalue weighted by atomic mass is 10.2. The fourth-order valence-corrected chi connectivity index (χ4v) is 2.53. The summed E-state index contributed by atoms with van der Waals surface area (Å²) in [5, 5.41) is 6.70. The highest BCUT2D eigenvalue weighted by Gasteiger charge is 2.07. The van der Waals surface area contributed by atoms with Crippen molar-refractivity contribution in [2.75, 3.05) is 10.6 Å². The molecule has 3 N–H and O–H groups in total. The van der Waals surface area contributed by atoms with Crippen LogP contribution >= 0.6 is 0 Å². The van der Waals surface area contributed by atoms with Gasteiger partial charge in [-0.15, -0.1) is 0 Å². The molecule has 4 nitrogen and oxygen atoms in total. The summed E-state index contributed by atoms with van der Waals surface area (Å²) in [7, 11) is 0. The van der Waals surface area contributed by atoms with Crippen molar-refractivity contribution in [3.63, 3.8) is 0 Å². The van der Waals surface area contributed by atoms with Crippen LogP contribution in [-0.4, -0.2) is 9.97 Å². The fourth-order valence-electron chi connectivity index (χ4n) is 2.53. The number of nitrogens with one attached hydrogen (secondary N) is 3. The van der Waals surface area contributed by atoms with E-state index in [4.69, 9.17) is 0 Å². The molecule has 112 valence electrons. The molecule has 4 heteroatoms. The number of fused-ring (bicyclic) bond motifs is 1. The lowest BCUT2D eigenvalue weighted by Crippen LogP contribution is -1.92. The molecule has 1 aromatic heterocycles. The molecule has 0 fully saturated rings. The number of rotatable bonds is 4. The highest BCUT2D eigenvalue weighted by molar-refractivity contribution is 5.91. The first-order chi connectivity index (χ1) is 11.4. The largest absolute Gasteiger partial charge is 0.354 e. The average molecular weight is 300 g/mol. The Morgan fingerprint density at radius 2 is 1.30 bits per heavy atom. The third-order valence-electron chi connectivity index (χ3n) is 3.60. The van der Waals surface area contributed by atoms with Crippen molar-refractivity contribution < 1.29 is 0 Å². The first kappa shape index (κ1) is 13.4. The Bertz CT molecular complexity index is 914. The number of hydrogen-bond acceptors (Lipinski definition) is 3. The average Bonchev–Trinajstić information content (AvgIpc) is 3.00. The van der Waals surface area contributed by atoms with Crippen LogP contribution in [0.5, 0.6) is 0 Å². The van der Waals surface area contributed by atoms with Gasteiger partial charge < -0.3 is 15.6 Å². The molecule has 4 aromatic rings. The van der Waals surface area contributed by atoms with E-state index in [-0.39, 0.29) is 0 Å². The molecule has 0 aliphatic heterocycles. The molecule has 0 saturated heterocycles. The Morgan fingerprint density at radius 3 is 2.00 bits per heavy atom. The lowest BCUT2D eigenvalue weighted by Gasteiger charge is -2.06. The molecule has 0 saturated carbocycles. The van der Waals surface area contributed by atoms with Gasteiger partial charge in [-0.2, -0.15) is 0 Å². The van der Waals surface area contributed by atoms with Crippen molar-refractivity contribution in [1.82, 2.24) is 9.97 Å². The van der Waals surface area contributed by atoms with Gasteiger partial charge in [0, 0.05) is 11.4 Å². The van der Waals surface area contributed by atoms with E-state index < -0.39 is 0 Å². The summed E-state index contributed by atoms with van der Waals surface area (Å²) >= 11 is 0. The van der Waals surface area contributed by atoms with Crippen molar-refractivity contribution in [2.24, 2.45) is 0 Å². The first-order valence-electron chi connectivity index (χ1n) is 7.51. The number of aromatic amines is 1. The van der Waals surface area contributed by atoms with Crippen LogP contribution in [0.1, 0.15) is 0 Å². The van der Waals surface area contributed by atoms with E-state index in [2.05, 4.69) is 20.6 Å². The topological polar surface area (TPSA) is 52.7 Å². The predicted molar refractivity (Wildman–Crippen MR) is 95.5 cm³/mol. The van der Waals surface area contributed by atoms with Crippen molar-refractivity contribution in [2.45, 2.75) is 0 Å². The number of hydrogen-bond donors (Lipinski definition) is 3. The van der Waals surface area contributed by atoms with Crippen LogP contribution < -0.4 is 10.6 Å². The highest BCUT2D eigenvalue weighted by Crippen LogP contribution is 2.26. The van der Waals surface area contributed by atoms with Gasteiger partial charge in [-0.3, -0.25) is 0 Å². The summed E-state index contributed by atoms with van der Waals surface area (Å²) in [5.41, 5.74) is 4.93. The Hall–Kier alpha value is -3.27. The van der Waals surface area contributed by atoms with Gasteiger partial charge in [0.1, 0.15) is 5.52 Å². The Morgan fingerprint density at radius 1 is 0.652 bits per heavy atom. The van der Waals surface area contributed by atoms with Gasteiger partial charge in [-0.05, 0) is 36.4 Å². The molecule has 0 aliphatic rings. The number of nitrogens with zero attached hydrogens (tertiary/aromatic N) is 1. The minimum absolute atomic E-state index is 0.730. The SMILES string of the molecule is c1ccc(Nc2nc3c(Nc4ccccc4)cccc3[nH]2)cc1. The van der Waals surface area contributed by atoms with E-state index in [0.717, 1.165) is 34.0 Å². The first-order valence-corrected chi connectivity index (χ1v) is 7.51. The summed E-state index contributed by atoms with van der Waals surface area (Å²) < 4.78 is 0. The molecular weight excluding hydrogens is 284 g/mol. The van der Waals surface area contributed by atoms with E-state index in [1.165, 1.54) is 0 Å². The smallest absolute Gasteiger partial charge is 0.205 e. The summed E-state index contributed by atoms with van der Waals surface area (Å²) in [6.07, 6.45) is 0. The summed E-state index contributed by atoms with van der Waals surface area (Å²) in [5.74, 6) is 0.730. The van der Waals surface area contributed by atoms with E-state index in [0.29, 0.717) is 0 Å². The Kier molecular flexibility index (Phi) is 3.41. The van der Waals surface area contributed by atoms with Crippen LogP contribution in [-0.2, 0) is 0 Å². The zero-order chi connectivity index (χ0) is 15.5. The number of benzene rings is 3. The third kappa shape index (κ3) is 2.87. The Labute approximate surface area is 134 Å². The standard InChI is InChI=1S/C19H16N4/c1-3-8-14(9-4-1)20-16-12-7-13-17-18(16)23-19(22-17)21-15-10-5-2-6-11-15/h1-13,20H,(H2,21,22,23). The van der Waals surface area contributed by atoms with E-state index in [1.54, 1.807) is 0 Å². The molecule has 3 aromatic carbocycles. The maximum absolute atomic E-state index is 4.67. The van der Waals surface area contributed by atoms with E-state index in [1.807, 2.05) is 78.9 Å². The van der Waals surface area contributed by atoms with Gasteiger partial charge in [-0.1, -0.05) is 42.5 Å². The normalized spacial score (nSPS) is 10.6. The minimum atomic E-state index is 0.730. The Balaban J connectivity index is 1.67. The van der Waals surface area contributed by atoms with Gasteiger partial charge in [-0.25, -0.2) is 4.98 Å². The highest BCUT2D eigenvalue weighted by atomic mass is 15.1. The van der Waals surface area contributed by atoms with Crippen LogP contribution in [0, 0.1) is 0 Å². The zero-order valence-electron chi connectivity index (χ0n) is 12.5. The van der Waals surface area contributed by atoms with Gasteiger partial charge in [0.05, 0.1) is 11.2 Å². The van der Waals surface area contributed by atoms with Crippen LogP contribution in [0.3, 0.4) is 0 Å². The van der Waals surface area contributed by atoms with Crippen LogP contribution in [0.2, 0.25) is 0 Å². The molecule has 0 spiro atoms. The van der Waals surface area contributed by atoms with E-state index in [9.17, 15) is 0 Å². The van der Waals surface area contributed by atoms with Gasteiger partial charge in [0.2, 0.25) is 5.95 Å². The van der Waals surface area contributed by atoms with Crippen LogP contribution in [0.4, 0.5) is 23.0 Å². The fraction of sp³-hybridized carbons (Fsp3) is 0. The molecule has 0 unspecified atom stereocenters. The molecule has 1 heterocycles. The maximum atomic E-state index is 4.67. The quantitative estimate of drug-likeness (QED) is 0.494. The number of para-hydroxylation sites is 3. The number of anilines is 4. The van der Waals surface area contributed by atoms with Gasteiger partial charge >= 0.3 is 0 Å². The third-order valence-corrected chi connectivity index (χ3v) is 3.60. The second-order valence-corrected chi connectivity index (χ2v) is 5.27. The molecule has 4 rings (SSSR count). The van der Waals surface area contributed by atoms with Crippen molar-refractivity contribution in [3.05, 3.63) is 78.9 Å². The molecule has 0 aliphatic carbocycles. The maximum Gasteiger partial charge on any atom is 0.205 e. The molecule has 0 amide bonds. The van der Waals surface area contributed by atoms with Crippen molar-refractivity contribution in [1.29, 1.82) is 0 Å². The monoisotopic (exact) mass is 300 g/mol. The number of aromatic nitrogens is 2. The minimum Gasteiger partial charge on any atom is -0.354 e. The van der Waals surface area contributed by atoms with E-state index >= 15 is 0 Å². The van der Waals surface area contributed by atoms with Crippen LogP contribution in [0.25, 0.3) is 11.0 Å². The molecule has 0 atom stereocenters. The molecule has 23 heavy (non-hydrogen) atoms. The summed E-state index contributed by atoms with van der Waals surface area (Å²) in [6.45, 7) is 0. The summed E-state index contributed by atoms with van der Waals surface area (Å²) in [4.78, 5) is 7.98. The predicted octanol–water partition coefficient (Wildman–Crippen LogP) is 5.05. The van der Waals surface area contributed by atoms with Crippen molar-refractivity contribution in [3.8, 4) is 0 Å². The zero-order valence-corrected chi connectivity index (χ0v) is 12.5. The van der Waals surface area contributed by atoms with Crippen LogP contribution in [0.15, 0.2) is 78.9 Å². The second kappa shape index (κ2) is 5.85. The molecular formula is C19H16N4. The molecule has 0 radical (unpaired) electrons. The molecule has 0 bridgehead atoms.